The van der Waals surface area contributed by atoms with Crippen LogP contribution in [0.5, 0.6) is 5.75 Å². The van der Waals surface area contributed by atoms with Gasteiger partial charge in [-0.05, 0) is 55.2 Å². The fraction of sp³-hybridized carbons (Fsp3) is 0.182. The lowest BCUT2D eigenvalue weighted by Gasteiger charge is -2.14. The van der Waals surface area contributed by atoms with Crippen molar-refractivity contribution in [3.05, 3.63) is 72.3 Å². The average molecular weight is 378 g/mol. The first-order chi connectivity index (χ1) is 13.1. The van der Waals surface area contributed by atoms with Crippen LogP contribution in [-0.4, -0.2) is 17.1 Å². The molecule has 0 aliphatic carbocycles. The third-order valence-electron chi connectivity index (χ3n) is 4.27. The molecule has 0 saturated carbocycles. The lowest BCUT2D eigenvalue weighted by atomic mass is 10.1. The Balaban J connectivity index is 1.69. The zero-order valence-electron chi connectivity index (χ0n) is 15.4. The van der Waals surface area contributed by atoms with E-state index < -0.39 is 0 Å². The van der Waals surface area contributed by atoms with E-state index in [1.165, 1.54) is 0 Å². The van der Waals surface area contributed by atoms with Crippen molar-refractivity contribution in [3.8, 4) is 5.75 Å². The summed E-state index contributed by atoms with van der Waals surface area (Å²) in [4.78, 5) is 12.5. The van der Waals surface area contributed by atoms with Gasteiger partial charge >= 0.3 is 0 Å². The topological polar surface area (TPSA) is 50.4 Å². The summed E-state index contributed by atoms with van der Waals surface area (Å²) in [5, 5.41) is 8.24. The second kappa shape index (κ2) is 8.64. The molecule has 0 saturated heterocycles. The Morgan fingerprint density at radius 3 is 2.63 bits per heavy atom. The summed E-state index contributed by atoms with van der Waals surface area (Å²) in [5.41, 5.74) is 1.35. The van der Waals surface area contributed by atoms with Crippen molar-refractivity contribution in [1.82, 2.24) is 5.32 Å². The van der Waals surface area contributed by atoms with Crippen LogP contribution < -0.4 is 15.4 Å². The van der Waals surface area contributed by atoms with Gasteiger partial charge in [0.25, 0.3) is 5.91 Å². The first kappa shape index (κ1) is 18.9. The van der Waals surface area contributed by atoms with E-state index in [1.807, 2.05) is 55.5 Å². The zero-order valence-corrected chi connectivity index (χ0v) is 16.2. The monoisotopic (exact) mass is 378 g/mol. The molecule has 3 rings (SSSR count). The molecule has 0 bridgehead atoms. The molecule has 0 aliphatic rings. The number of amides is 1. The molecular formula is C22H22N2O2S. The average Bonchev–Trinajstić information content (AvgIpc) is 2.68. The third kappa shape index (κ3) is 4.83. The smallest absolute Gasteiger partial charge is 0.257 e. The Morgan fingerprint density at radius 2 is 1.81 bits per heavy atom. The van der Waals surface area contributed by atoms with Crippen LogP contribution in [0, 0.1) is 0 Å². The number of hydrogen-bond acceptors (Lipinski definition) is 3. The van der Waals surface area contributed by atoms with E-state index in [0.29, 0.717) is 11.3 Å². The number of ether oxygens (including phenoxy) is 1. The summed E-state index contributed by atoms with van der Waals surface area (Å²) < 4.78 is 5.77. The number of carbonyl (C=O) groups is 1. The molecule has 0 aliphatic heterocycles. The van der Waals surface area contributed by atoms with Gasteiger partial charge in [-0.25, -0.2) is 0 Å². The predicted octanol–water partition coefficient (Wildman–Crippen LogP) is 5.14. The molecule has 3 aromatic rings. The number of nitrogens with one attached hydrogen (secondary N) is 2. The van der Waals surface area contributed by atoms with Crippen molar-refractivity contribution < 1.29 is 9.53 Å². The number of benzene rings is 3. The fourth-order valence-electron chi connectivity index (χ4n) is 2.69. The molecule has 5 heteroatoms. The molecule has 0 heterocycles. The van der Waals surface area contributed by atoms with Crippen LogP contribution in [-0.2, 0) is 0 Å². The van der Waals surface area contributed by atoms with E-state index >= 15 is 0 Å². The quantitative estimate of drug-likeness (QED) is 0.603. The van der Waals surface area contributed by atoms with Crippen LogP contribution in [0.3, 0.4) is 0 Å². The second-order valence-corrected chi connectivity index (χ2v) is 6.71. The molecule has 1 amide bonds. The van der Waals surface area contributed by atoms with Crippen LogP contribution in [0.15, 0.2) is 66.7 Å². The summed E-state index contributed by atoms with van der Waals surface area (Å²) in [6, 6.07) is 21.0. The molecule has 2 N–H and O–H groups in total. The number of anilines is 1. The van der Waals surface area contributed by atoms with Crippen molar-refractivity contribution in [2.75, 3.05) is 5.32 Å². The van der Waals surface area contributed by atoms with E-state index in [0.717, 1.165) is 22.9 Å². The third-order valence-corrected chi connectivity index (χ3v) is 4.48. The Labute approximate surface area is 164 Å². The van der Waals surface area contributed by atoms with E-state index in [2.05, 4.69) is 17.6 Å². The second-order valence-electron chi connectivity index (χ2n) is 6.30. The molecule has 1 unspecified atom stereocenters. The standard InChI is InChI=1S/C22H22N2O2S/c1-3-15(2)26-18-11-6-10-17(14-18)21(25)24-22(27)23-20-13-7-9-16-8-4-5-12-19(16)20/h4-15H,3H2,1-2H3,(H2,23,24,25,27). The van der Waals surface area contributed by atoms with Gasteiger partial charge in [0.05, 0.1) is 6.10 Å². The van der Waals surface area contributed by atoms with Crippen LogP contribution in [0.25, 0.3) is 10.8 Å². The van der Waals surface area contributed by atoms with Crippen molar-refractivity contribution in [2.24, 2.45) is 0 Å². The number of carbonyl (C=O) groups excluding carboxylic acids is 1. The highest BCUT2D eigenvalue weighted by Crippen LogP contribution is 2.23. The highest BCUT2D eigenvalue weighted by Gasteiger charge is 2.11. The summed E-state index contributed by atoms with van der Waals surface area (Å²) >= 11 is 5.32. The van der Waals surface area contributed by atoms with E-state index in [9.17, 15) is 4.79 Å². The minimum atomic E-state index is -0.276. The van der Waals surface area contributed by atoms with E-state index in [-0.39, 0.29) is 17.1 Å². The molecule has 0 spiro atoms. The zero-order chi connectivity index (χ0) is 19.2. The van der Waals surface area contributed by atoms with Crippen molar-refractivity contribution in [1.29, 1.82) is 0 Å². The number of fused-ring (bicyclic) bond motifs is 1. The van der Waals surface area contributed by atoms with Gasteiger partial charge in [0.1, 0.15) is 5.75 Å². The van der Waals surface area contributed by atoms with Crippen LogP contribution in [0.1, 0.15) is 30.6 Å². The Hall–Kier alpha value is -2.92. The number of thiocarbonyl (C=S) groups is 1. The molecule has 3 aromatic carbocycles. The van der Waals surface area contributed by atoms with Crippen LogP contribution in [0.4, 0.5) is 5.69 Å². The molecule has 27 heavy (non-hydrogen) atoms. The maximum absolute atomic E-state index is 12.5. The Kier molecular flexibility index (Phi) is 6.04. The first-order valence-electron chi connectivity index (χ1n) is 8.93. The first-order valence-corrected chi connectivity index (χ1v) is 9.34. The molecule has 0 fully saturated rings. The van der Waals surface area contributed by atoms with Gasteiger partial charge in [0, 0.05) is 16.6 Å². The van der Waals surface area contributed by atoms with Crippen molar-refractivity contribution in [2.45, 2.75) is 26.4 Å². The largest absolute Gasteiger partial charge is 0.491 e. The molecule has 0 radical (unpaired) electrons. The summed E-state index contributed by atoms with van der Waals surface area (Å²) in [6.07, 6.45) is 0.993. The van der Waals surface area contributed by atoms with Crippen LogP contribution >= 0.6 is 12.2 Å². The minimum Gasteiger partial charge on any atom is -0.491 e. The van der Waals surface area contributed by atoms with E-state index in [4.69, 9.17) is 17.0 Å². The van der Waals surface area contributed by atoms with Gasteiger partial charge in [0.2, 0.25) is 0 Å². The van der Waals surface area contributed by atoms with Gasteiger partial charge < -0.3 is 10.1 Å². The number of rotatable bonds is 5. The number of hydrogen-bond donors (Lipinski definition) is 2. The SMILES string of the molecule is CCC(C)Oc1cccc(C(=O)NC(=S)Nc2cccc3ccccc23)c1. The summed E-state index contributed by atoms with van der Waals surface area (Å²) in [5.74, 6) is 0.396. The minimum absolute atomic E-state index is 0.0948. The maximum atomic E-state index is 12.5. The summed E-state index contributed by atoms with van der Waals surface area (Å²) in [6.45, 7) is 4.05. The van der Waals surface area contributed by atoms with Crippen molar-refractivity contribution in [3.63, 3.8) is 0 Å². The lowest BCUT2D eigenvalue weighted by Crippen LogP contribution is -2.34. The molecular weight excluding hydrogens is 356 g/mol. The predicted molar refractivity (Wildman–Crippen MR) is 114 cm³/mol. The van der Waals surface area contributed by atoms with Crippen molar-refractivity contribution >= 4 is 39.7 Å². The summed E-state index contributed by atoms with van der Waals surface area (Å²) in [7, 11) is 0. The lowest BCUT2D eigenvalue weighted by molar-refractivity contribution is 0.0977. The molecule has 1 atom stereocenters. The molecule has 138 valence electrons. The Morgan fingerprint density at radius 1 is 1.07 bits per heavy atom. The maximum Gasteiger partial charge on any atom is 0.257 e. The van der Waals surface area contributed by atoms with Gasteiger partial charge in [-0.1, -0.05) is 49.4 Å². The van der Waals surface area contributed by atoms with Crippen LogP contribution in [0.2, 0.25) is 0 Å². The fourth-order valence-corrected chi connectivity index (χ4v) is 2.89. The molecule has 4 nitrogen and oxygen atoms in total. The van der Waals surface area contributed by atoms with Gasteiger partial charge in [-0.2, -0.15) is 0 Å². The highest BCUT2D eigenvalue weighted by molar-refractivity contribution is 7.80. The normalized spacial score (nSPS) is 11.6. The van der Waals surface area contributed by atoms with Gasteiger partial charge in [-0.15, -0.1) is 0 Å². The van der Waals surface area contributed by atoms with Gasteiger partial charge in [-0.3, -0.25) is 10.1 Å². The molecule has 0 aromatic heterocycles. The Bertz CT molecular complexity index is 966. The van der Waals surface area contributed by atoms with Gasteiger partial charge in [0.15, 0.2) is 5.11 Å². The van der Waals surface area contributed by atoms with E-state index in [1.54, 1.807) is 18.2 Å². The highest BCUT2D eigenvalue weighted by atomic mass is 32.1.